The molecule has 4 rings (SSSR count). The van der Waals surface area contributed by atoms with Gasteiger partial charge in [0.25, 0.3) is 5.56 Å². The van der Waals surface area contributed by atoms with Crippen LogP contribution >= 0.6 is 11.8 Å². The second kappa shape index (κ2) is 11.5. The molecule has 0 unspecified atom stereocenters. The second-order valence-corrected chi connectivity index (χ2v) is 8.77. The minimum atomic E-state index is -0.0609. The van der Waals surface area contributed by atoms with E-state index >= 15 is 0 Å². The van der Waals surface area contributed by atoms with Crippen LogP contribution < -0.4 is 10.9 Å². The molecular formula is C27H27N3O2S. The summed E-state index contributed by atoms with van der Waals surface area (Å²) in [5.41, 5.74) is 3.04. The van der Waals surface area contributed by atoms with Gasteiger partial charge in [-0.15, -0.1) is 0 Å². The summed E-state index contributed by atoms with van der Waals surface area (Å²) in [4.78, 5) is 30.3. The maximum Gasteiger partial charge on any atom is 0.262 e. The predicted molar refractivity (Wildman–Crippen MR) is 135 cm³/mol. The Morgan fingerprint density at radius 1 is 0.848 bits per heavy atom. The third-order valence-electron chi connectivity index (χ3n) is 5.43. The number of para-hydroxylation sites is 1. The number of hydrogen-bond donors (Lipinski definition) is 1. The second-order valence-electron chi connectivity index (χ2n) is 7.83. The number of nitrogens with one attached hydrogen (secondary N) is 1. The van der Waals surface area contributed by atoms with Gasteiger partial charge < -0.3 is 5.32 Å². The molecule has 0 saturated carbocycles. The van der Waals surface area contributed by atoms with E-state index in [4.69, 9.17) is 4.98 Å². The van der Waals surface area contributed by atoms with E-state index in [9.17, 15) is 9.59 Å². The summed E-state index contributed by atoms with van der Waals surface area (Å²) >= 11 is 1.32. The molecular weight excluding hydrogens is 430 g/mol. The number of thioether (sulfide) groups is 1. The maximum absolute atomic E-state index is 13.2. The summed E-state index contributed by atoms with van der Waals surface area (Å²) in [7, 11) is 0. The van der Waals surface area contributed by atoms with Crippen molar-refractivity contribution in [3.05, 3.63) is 106 Å². The van der Waals surface area contributed by atoms with Gasteiger partial charge in [0.1, 0.15) is 0 Å². The lowest BCUT2D eigenvalue weighted by atomic mass is 10.1. The van der Waals surface area contributed by atoms with Crippen LogP contribution in [-0.2, 0) is 24.2 Å². The van der Waals surface area contributed by atoms with Crippen LogP contribution in [0.4, 0.5) is 0 Å². The third kappa shape index (κ3) is 6.33. The number of nitrogens with zero attached hydrogens (tertiary/aromatic N) is 2. The standard InChI is InChI=1S/C27H27N3O2S/c31-25(28-18-17-22-12-5-2-6-13-22)20-33-27-29-24-16-8-7-15-23(24)26(32)30(27)19-9-14-21-10-3-1-4-11-21/h1-8,10-13,15-16H,9,14,17-20H2,(H,28,31). The average Bonchev–Trinajstić information content (AvgIpc) is 2.85. The summed E-state index contributed by atoms with van der Waals surface area (Å²) in [6.07, 6.45) is 2.49. The molecule has 0 spiro atoms. The third-order valence-corrected chi connectivity index (χ3v) is 6.40. The molecule has 0 bridgehead atoms. The Hall–Kier alpha value is -3.38. The van der Waals surface area contributed by atoms with Crippen LogP contribution in [0.5, 0.6) is 0 Å². The average molecular weight is 458 g/mol. The van der Waals surface area contributed by atoms with E-state index in [0.29, 0.717) is 29.1 Å². The lowest BCUT2D eigenvalue weighted by Crippen LogP contribution is -2.28. The maximum atomic E-state index is 13.2. The van der Waals surface area contributed by atoms with E-state index in [1.54, 1.807) is 4.57 Å². The molecule has 6 heteroatoms. The van der Waals surface area contributed by atoms with Crippen molar-refractivity contribution in [3.8, 4) is 0 Å². The number of carbonyl (C=O) groups excluding carboxylic acids is 1. The highest BCUT2D eigenvalue weighted by Gasteiger charge is 2.13. The molecule has 0 atom stereocenters. The number of amides is 1. The first-order valence-electron chi connectivity index (χ1n) is 11.2. The summed E-state index contributed by atoms with van der Waals surface area (Å²) in [6.45, 7) is 1.14. The van der Waals surface area contributed by atoms with Crippen molar-refractivity contribution in [2.45, 2.75) is 31.0 Å². The molecule has 168 valence electrons. The molecule has 1 N–H and O–H groups in total. The molecule has 4 aromatic rings. The zero-order valence-corrected chi connectivity index (χ0v) is 19.3. The minimum Gasteiger partial charge on any atom is -0.355 e. The fourth-order valence-electron chi connectivity index (χ4n) is 3.71. The largest absolute Gasteiger partial charge is 0.355 e. The van der Waals surface area contributed by atoms with Crippen molar-refractivity contribution < 1.29 is 4.79 Å². The van der Waals surface area contributed by atoms with Crippen LogP contribution in [0, 0.1) is 0 Å². The molecule has 0 aliphatic heterocycles. The molecule has 0 saturated heterocycles. The zero-order valence-electron chi connectivity index (χ0n) is 18.4. The van der Waals surface area contributed by atoms with Crippen LogP contribution in [0.3, 0.4) is 0 Å². The molecule has 33 heavy (non-hydrogen) atoms. The van der Waals surface area contributed by atoms with Gasteiger partial charge in [-0.05, 0) is 42.5 Å². The fourth-order valence-corrected chi connectivity index (χ4v) is 4.57. The monoisotopic (exact) mass is 457 g/mol. The molecule has 1 aromatic heterocycles. The van der Waals surface area contributed by atoms with Gasteiger partial charge in [-0.3, -0.25) is 14.2 Å². The van der Waals surface area contributed by atoms with Crippen molar-refractivity contribution in [2.75, 3.05) is 12.3 Å². The first kappa shape index (κ1) is 22.8. The first-order valence-corrected chi connectivity index (χ1v) is 12.2. The van der Waals surface area contributed by atoms with Crippen molar-refractivity contribution in [1.82, 2.24) is 14.9 Å². The van der Waals surface area contributed by atoms with Gasteiger partial charge >= 0.3 is 0 Å². The normalized spacial score (nSPS) is 10.9. The predicted octanol–water partition coefficient (Wildman–Crippen LogP) is 4.48. The van der Waals surface area contributed by atoms with Crippen LogP contribution in [0.1, 0.15) is 17.5 Å². The minimum absolute atomic E-state index is 0.0550. The van der Waals surface area contributed by atoms with E-state index in [2.05, 4.69) is 17.4 Å². The van der Waals surface area contributed by atoms with Crippen LogP contribution in [-0.4, -0.2) is 27.8 Å². The topological polar surface area (TPSA) is 64.0 Å². The quantitative estimate of drug-likeness (QED) is 0.282. The molecule has 0 fully saturated rings. The highest BCUT2D eigenvalue weighted by Crippen LogP contribution is 2.18. The first-order chi connectivity index (χ1) is 16.2. The molecule has 0 aliphatic carbocycles. The Bertz CT molecular complexity index is 1260. The highest BCUT2D eigenvalue weighted by molar-refractivity contribution is 7.99. The van der Waals surface area contributed by atoms with E-state index in [1.807, 2.05) is 72.8 Å². The van der Waals surface area contributed by atoms with Crippen molar-refractivity contribution in [1.29, 1.82) is 0 Å². The van der Waals surface area contributed by atoms with Crippen LogP contribution in [0.15, 0.2) is 94.9 Å². The fraction of sp³-hybridized carbons (Fsp3) is 0.222. The van der Waals surface area contributed by atoms with Gasteiger partial charge in [0.15, 0.2) is 5.16 Å². The highest BCUT2D eigenvalue weighted by atomic mass is 32.2. The zero-order chi connectivity index (χ0) is 22.9. The number of benzene rings is 3. The van der Waals surface area contributed by atoms with E-state index < -0.39 is 0 Å². The summed E-state index contributed by atoms with van der Waals surface area (Å²) < 4.78 is 1.72. The van der Waals surface area contributed by atoms with E-state index in [-0.39, 0.29) is 17.2 Å². The lowest BCUT2D eigenvalue weighted by Gasteiger charge is -2.13. The van der Waals surface area contributed by atoms with Crippen molar-refractivity contribution in [2.24, 2.45) is 0 Å². The Balaban J connectivity index is 1.41. The molecule has 0 radical (unpaired) electrons. The molecule has 0 aliphatic rings. The Morgan fingerprint density at radius 2 is 1.48 bits per heavy atom. The number of fused-ring (bicyclic) bond motifs is 1. The molecule has 3 aromatic carbocycles. The van der Waals surface area contributed by atoms with Gasteiger partial charge in [0, 0.05) is 13.1 Å². The van der Waals surface area contributed by atoms with Crippen molar-refractivity contribution in [3.63, 3.8) is 0 Å². The van der Waals surface area contributed by atoms with E-state index in [1.165, 1.54) is 22.9 Å². The summed E-state index contributed by atoms with van der Waals surface area (Å²) in [5, 5.41) is 4.16. The van der Waals surface area contributed by atoms with Gasteiger partial charge in [-0.2, -0.15) is 0 Å². The SMILES string of the molecule is O=C(CSc1nc2ccccc2c(=O)n1CCCc1ccccc1)NCCc1ccccc1. The Morgan fingerprint density at radius 3 is 2.21 bits per heavy atom. The molecule has 5 nitrogen and oxygen atoms in total. The Kier molecular flexibility index (Phi) is 7.93. The van der Waals surface area contributed by atoms with Crippen molar-refractivity contribution >= 4 is 28.6 Å². The molecule has 1 amide bonds. The molecule has 1 heterocycles. The smallest absolute Gasteiger partial charge is 0.262 e. The van der Waals surface area contributed by atoms with E-state index in [0.717, 1.165) is 19.3 Å². The Labute approximate surface area is 197 Å². The van der Waals surface area contributed by atoms with Gasteiger partial charge in [-0.1, -0.05) is 84.6 Å². The number of carbonyl (C=O) groups is 1. The van der Waals surface area contributed by atoms with Crippen LogP contribution in [0.2, 0.25) is 0 Å². The lowest BCUT2D eigenvalue weighted by molar-refractivity contribution is -0.118. The van der Waals surface area contributed by atoms with Gasteiger partial charge in [0.05, 0.1) is 16.7 Å². The number of rotatable bonds is 10. The van der Waals surface area contributed by atoms with Gasteiger partial charge in [0.2, 0.25) is 5.91 Å². The van der Waals surface area contributed by atoms with Gasteiger partial charge in [-0.25, -0.2) is 4.98 Å². The number of aromatic nitrogens is 2. The number of hydrogen-bond acceptors (Lipinski definition) is 4. The number of aryl methyl sites for hydroxylation is 1. The summed E-state index contributed by atoms with van der Waals surface area (Å²) in [6, 6.07) is 27.7. The van der Waals surface area contributed by atoms with Crippen LogP contribution in [0.25, 0.3) is 10.9 Å². The summed E-state index contributed by atoms with van der Waals surface area (Å²) in [5.74, 6) is 0.160.